The molecule has 0 radical (unpaired) electrons. The first-order chi connectivity index (χ1) is 14.7. The van der Waals surface area contributed by atoms with Gasteiger partial charge in [0.25, 0.3) is 11.6 Å². The molecule has 10 nitrogen and oxygen atoms in total. The predicted octanol–water partition coefficient (Wildman–Crippen LogP) is 2.48. The van der Waals surface area contributed by atoms with Crippen molar-refractivity contribution in [2.45, 2.75) is 24.7 Å². The van der Waals surface area contributed by atoms with E-state index < -0.39 is 33.4 Å². The second-order valence-corrected chi connectivity index (χ2v) is 8.91. The maximum atomic E-state index is 12.6. The Labute approximate surface area is 179 Å². The number of nitro benzene ring substituents is 1. The number of esters is 1. The Hall–Kier alpha value is -3.31. The number of carbonyl (C=O) groups excluding carboxylic acids is 2. The number of ether oxygens (including phenoxy) is 1. The van der Waals surface area contributed by atoms with E-state index >= 15 is 0 Å². The largest absolute Gasteiger partial charge is 0.452 e. The lowest BCUT2D eigenvalue weighted by Crippen LogP contribution is -2.28. The standard InChI is InChI=1S/C20H21N3O7S/c1-14-17(8-5-9-18(14)23(26)27)20(25)30-13-19(24)21-15-6-4-7-16(12-15)31(28,29)22-10-2-3-11-22/h4-9,12H,2-3,10-11,13H2,1H3,(H,21,24). The van der Waals surface area contributed by atoms with Crippen LogP contribution in [0.5, 0.6) is 0 Å². The van der Waals surface area contributed by atoms with Gasteiger partial charge < -0.3 is 10.1 Å². The van der Waals surface area contributed by atoms with Crippen molar-refractivity contribution in [3.63, 3.8) is 0 Å². The van der Waals surface area contributed by atoms with Gasteiger partial charge in [0.1, 0.15) is 0 Å². The molecule has 1 saturated heterocycles. The summed E-state index contributed by atoms with van der Waals surface area (Å²) < 4.78 is 31.7. The summed E-state index contributed by atoms with van der Waals surface area (Å²) in [6.45, 7) is 1.71. The Kier molecular flexibility index (Phi) is 6.66. The Balaban J connectivity index is 1.64. The Morgan fingerprint density at radius 3 is 2.52 bits per heavy atom. The van der Waals surface area contributed by atoms with E-state index in [1.165, 1.54) is 53.7 Å². The lowest BCUT2D eigenvalue weighted by molar-refractivity contribution is -0.385. The van der Waals surface area contributed by atoms with Crippen LogP contribution < -0.4 is 5.32 Å². The predicted molar refractivity (Wildman–Crippen MR) is 111 cm³/mol. The van der Waals surface area contributed by atoms with Gasteiger partial charge in [0.15, 0.2) is 6.61 Å². The first-order valence-corrected chi connectivity index (χ1v) is 11.0. The highest BCUT2D eigenvalue weighted by molar-refractivity contribution is 7.89. The number of nitro groups is 1. The van der Waals surface area contributed by atoms with E-state index in [0.717, 1.165) is 12.8 Å². The van der Waals surface area contributed by atoms with Crippen molar-refractivity contribution in [3.05, 3.63) is 63.7 Å². The smallest absolute Gasteiger partial charge is 0.339 e. The number of amides is 1. The average molecular weight is 447 g/mol. The van der Waals surface area contributed by atoms with Crippen molar-refractivity contribution in [2.24, 2.45) is 0 Å². The molecule has 0 spiro atoms. The molecule has 0 bridgehead atoms. The van der Waals surface area contributed by atoms with Crippen molar-refractivity contribution >= 4 is 33.3 Å². The Morgan fingerprint density at radius 2 is 1.84 bits per heavy atom. The van der Waals surface area contributed by atoms with Crippen LogP contribution in [0.1, 0.15) is 28.8 Å². The normalized spacial score (nSPS) is 14.2. The Morgan fingerprint density at radius 1 is 1.16 bits per heavy atom. The highest BCUT2D eigenvalue weighted by Gasteiger charge is 2.27. The molecule has 2 aromatic rings. The number of anilines is 1. The molecule has 0 atom stereocenters. The van der Waals surface area contributed by atoms with Crippen LogP contribution in [0.4, 0.5) is 11.4 Å². The van der Waals surface area contributed by atoms with Crippen LogP contribution in [0.25, 0.3) is 0 Å². The van der Waals surface area contributed by atoms with Crippen LogP contribution in [-0.2, 0) is 19.6 Å². The first kappa shape index (κ1) is 22.4. The molecule has 0 aromatic heterocycles. The first-order valence-electron chi connectivity index (χ1n) is 9.51. The molecule has 2 aromatic carbocycles. The molecule has 0 saturated carbocycles. The zero-order valence-electron chi connectivity index (χ0n) is 16.7. The van der Waals surface area contributed by atoms with E-state index in [4.69, 9.17) is 4.74 Å². The highest BCUT2D eigenvalue weighted by atomic mass is 32.2. The summed E-state index contributed by atoms with van der Waals surface area (Å²) >= 11 is 0. The van der Waals surface area contributed by atoms with Gasteiger partial charge in [0.2, 0.25) is 10.0 Å². The molecule has 1 heterocycles. The van der Waals surface area contributed by atoms with Crippen LogP contribution in [-0.4, -0.2) is 49.2 Å². The van der Waals surface area contributed by atoms with Crippen LogP contribution in [0.15, 0.2) is 47.4 Å². The van der Waals surface area contributed by atoms with Crippen molar-refractivity contribution in [3.8, 4) is 0 Å². The highest BCUT2D eigenvalue weighted by Crippen LogP contribution is 2.24. The van der Waals surface area contributed by atoms with Gasteiger partial charge in [-0.2, -0.15) is 4.31 Å². The maximum Gasteiger partial charge on any atom is 0.339 e. The van der Waals surface area contributed by atoms with Gasteiger partial charge in [0.05, 0.1) is 15.4 Å². The number of benzene rings is 2. The van der Waals surface area contributed by atoms with Crippen LogP contribution in [0, 0.1) is 17.0 Å². The summed E-state index contributed by atoms with van der Waals surface area (Å²) in [5.41, 5.74) is 0.140. The Bertz CT molecular complexity index is 1130. The second kappa shape index (κ2) is 9.23. The third-order valence-electron chi connectivity index (χ3n) is 4.88. The van der Waals surface area contributed by atoms with E-state index in [1.54, 1.807) is 0 Å². The zero-order valence-corrected chi connectivity index (χ0v) is 17.6. The minimum absolute atomic E-state index is 0.0132. The van der Waals surface area contributed by atoms with E-state index in [0.29, 0.717) is 13.1 Å². The third kappa shape index (κ3) is 5.06. The molecular formula is C20H21N3O7S. The monoisotopic (exact) mass is 447 g/mol. The van der Waals surface area contributed by atoms with Crippen LogP contribution in [0.3, 0.4) is 0 Å². The number of carbonyl (C=O) groups is 2. The molecule has 0 aliphatic carbocycles. The summed E-state index contributed by atoms with van der Waals surface area (Å²) in [5.74, 6) is -1.55. The van der Waals surface area contributed by atoms with Crippen molar-refractivity contribution in [1.29, 1.82) is 0 Å². The summed E-state index contributed by atoms with van der Waals surface area (Å²) in [6, 6.07) is 9.82. The van der Waals surface area contributed by atoms with E-state index in [9.17, 15) is 28.1 Å². The topological polar surface area (TPSA) is 136 Å². The van der Waals surface area contributed by atoms with Gasteiger partial charge >= 0.3 is 5.97 Å². The fourth-order valence-electron chi connectivity index (χ4n) is 3.26. The van der Waals surface area contributed by atoms with Gasteiger partial charge in [-0.15, -0.1) is 0 Å². The third-order valence-corrected chi connectivity index (χ3v) is 6.77. The molecule has 1 aliphatic heterocycles. The molecule has 1 amide bonds. The minimum atomic E-state index is -3.63. The molecule has 31 heavy (non-hydrogen) atoms. The van der Waals surface area contributed by atoms with Gasteiger partial charge in [-0.25, -0.2) is 13.2 Å². The van der Waals surface area contributed by atoms with Gasteiger partial charge in [-0.3, -0.25) is 14.9 Å². The molecule has 1 aliphatic rings. The fourth-order valence-corrected chi connectivity index (χ4v) is 4.82. The zero-order chi connectivity index (χ0) is 22.6. The number of nitrogens with zero attached hydrogens (tertiary/aromatic N) is 2. The summed E-state index contributed by atoms with van der Waals surface area (Å²) in [6.07, 6.45) is 1.62. The fraction of sp³-hybridized carbons (Fsp3) is 0.300. The lowest BCUT2D eigenvalue weighted by Gasteiger charge is -2.16. The summed E-state index contributed by atoms with van der Waals surface area (Å²) in [7, 11) is -3.63. The van der Waals surface area contributed by atoms with Crippen LogP contribution in [0.2, 0.25) is 0 Å². The van der Waals surface area contributed by atoms with Crippen LogP contribution >= 0.6 is 0 Å². The van der Waals surface area contributed by atoms with Gasteiger partial charge in [-0.05, 0) is 44.0 Å². The maximum absolute atomic E-state index is 12.6. The SMILES string of the molecule is Cc1c(C(=O)OCC(=O)Nc2cccc(S(=O)(=O)N3CCCC3)c2)cccc1[N+](=O)[O-]. The van der Waals surface area contributed by atoms with E-state index in [1.807, 2.05) is 0 Å². The molecule has 1 fully saturated rings. The number of rotatable bonds is 7. The summed E-state index contributed by atoms with van der Waals surface area (Å²) in [5, 5.41) is 13.5. The van der Waals surface area contributed by atoms with E-state index in [-0.39, 0.29) is 27.4 Å². The minimum Gasteiger partial charge on any atom is -0.452 e. The number of hydrogen-bond donors (Lipinski definition) is 1. The molecule has 11 heteroatoms. The second-order valence-electron chi connectivity index (χ2n) is 6.97. The lowest BCUT2D eigenvalue weighted by atomic mass is 10.1. The van der Waals surface area contributed by atoms with Crippen molar-refractivity contribution < 1.29 is 27.7 Å². The molecule has 3 rings (SSSR count). The quantitative estimate of drug-likeness (QED) is 0.391. The number of hydrogen-bond acceptors (Lipinski definition) is 7. The summed E-state index contributed by atoms with van der Waals surface area (Å²) in [4.78, 5) is 34.8. The number of sulfonamides is 1. The van der Waals surface area contributed by atoms with E-state index in [2.05, 4.69) is 5.32 Å². The van der Waals surface area contributed by atoms with Gasteiger partial charge in [0, 0.05) is 30.4 Å². The van der Waals surface area contributed by atoms with Gasteiger partial charge in [-0.1, -0.05) is 12.1 Å². The molecule has 1 N–H and O–H groups in total. The molecule has 0 unspecified atom stereocenters. The van der Waals surface area contributed by atoms with Crippen molar-refractivity contribution in [2.75, 3.05) is 25.0 Å². The number of nitrogens with one attached hydrogen (secondary N) is 1. The van der Waals surface area contributed by atoms with Crippen molar-refractivity contribution in [1.82, 2.24) is 4.31 Å². The average Bonchev–Trinajstić information content (AvgIpc) is 3.28. The molecule has 164 valence electrons. The molecular weight excluding hydrogens is 426 g/mol.